The molecular formula is C24H33N3O3S. The Labute approximate surface area is 185 Å². The van der Waals surface area contributed by atoms with Crippen LogP contribution in [0.3, 0.4) is 0 Å². The van der Waals surface area contributed by atoms with Crippen LogP contribution < -0.4 is 10.0 Å². The molecule has 1 fully saturated rings. The van der Waals surface area contributed by atoms with Crippen molar-refractivity contribution in [2.45, 2.75) is 64.5 Å². The van der Waals surface area contributed by atoms with Gasteiger partial charge in [-0.15, -0.1) is 0 Å². The second-order valence-electron chi connectivity index (χ2n) is 9.66. The Bertz CT molecular complexity index is 1040. The van der Waals surface area contributed by atoms with E-state index in [4.69, 9.17) is 0 Å². The number of carbonyl (C=O) groups is 1. The summed E-state index contributed by atoms with van der Waals surface area (Å²) in [5.74, 6) is 0.200. The van der Waals surface area contributed by atoms with Gasteiger partial charge in [0.25, 0.3) is 5.91 Å². The molecule has 3 rings (SSSR count). The third-order valence-corrected chi connectivity index (χ3v) is 6.68. The highest BCUT2D eigenvalue weighted by molar-refractivity contribution is 7.88. The van der Waals surface area contributed by atoms with Crippen LogP contribution in [0.15, 0.2) is 42.6 Å². The van der Waals surface area contributed by atoms with Crippen LogP contribution in [0.4, 0.5) is 0 Å². The molecule has 1 aliphatic carbocycles. The van der Waals surface area contributed by atoms with Crippen LogP contribution in [0, 0.1) is 12.8 Å². The minimum atomic E-state index is -3.25. The lowest BCUT2D eigenvalue weighted by atomic mass is 9.87. The number of nitrogens with one attached hydrogen (secondary N) is 2. The lowest BCUT2D eigenvalue weighted by molar-refractivity contribution is 0.0929. The van der Waals surface area contributed by atoms with Crippen molar-refractivity contribution < 1.29 is 13.2 Å². The normalized spacial score (nSPS) is 16.5. The van der Waals surface area contributed by atoms with Gasteiger partial charge in [-0.1, -0.05) is 19.1 Å². The number of carbonyl (C=O) groups excluding carboxylic acids is 1. The van der Waals surface area contributed by atoms with Crippen LogP contribution >= 0.6 is 0 Å². The first-order chi connectivity index (χ1) is 14.4. The monoisotopic (exact) mass is 443 g/mol. The molecule has 1 atom stereocenters. The highest BCUT2D eigenvalue weighted by atomic mass is 32.2. The van der Waals surface area contributed by atoms with Crippen LogP contribution in [-0.4, -0.2) is 31.1 Å². The number of hydrogen-bond donors (Lipinski definition) is 2. The van der Waals surface area contributed by atoms with Gasteiger partial charge in [-0.25, -0.2) is 13.1 Å². The summed E-state index contributed by atoms with van der Waals surface area (Å²) in [6.45, 7) is 7.94. The fourth-order valence-corrected chi connectivity index (χ4v) is 5.52. The Morgan fingerprint density at radius 3 is 2.48 bits per heavy atom. The van der Waals surface area contributed by atoms with E-state index in [-0.39, 0.29) is 17.4 Å². The van der Waals surface area contributed by atoms with E-state index in [1.807, 2.05) is 57.2 Å². The molecule has 0 bridgehead atoms. The third kappa shape index (κ3) is 6.37. The lowest BCUT2D eigenvalue weighted by Gasteiger charge is -2.28. The summed E-state index contributed by atoms with van der Waals surface area (Å²) < 4.78 is 25.9. The SMILES string of the molecule is Cc1cc(C(=O)NC2(c3ccccn3)CC2)ccc1CC(C)CC(C)(C)NS(C)(=O)=O. The predicted molar refractivity (Wildman–Crippen MR) is 123 cm³/mol. The minimum Gasteiger partial charge on any atom is -0.341 e. The van der Waals surface area contributed by atoms with Gasteiger partial charge in [0.2, 0.25) is 10.0 Å². The molecule has 2 N–H and O–H groups in total. The van der Waals surface area contributed by atoms with Gasteiger partial charge in [0.05, 0.1) is 17.5 Å². The van der Waals surface area contributed by atoms with E-state index in [1.165, 1.54) is 11.8 Å². The van der Waals surface area contributed by atoms with E-state index in [1.54, 1.807) is 6.20 Å². The number of pyridine rings is 1. The zero-order chi connectivity index (χ0) is 22.9. The zero-order valence-corrected chi connectivity index (χ0v) is 19.8. The predicted octanol–water partition coefficient (Wildman–Crippen LogP) is 3.71. The summed E-state index contributed by atoms with van der Waals surface area (Å²) in [7, 11) is -3.25. The molecule has 1 unspecified atom stereocenters. The number of rotatable bonds is 9. The first-order valence-electron chi connectivity index (χ1n) is 10.7. The molecule has 0 radical (unpaired) electrons. The first-order valence-corrected chi connectivity index (χ1v) is 12.6. The second kappa shape index (κ2) is 8.71. The molecule has 1 saturated carbocycles. The highest BCUT2D eigenvalue weighted by Crippen LogP contribution is 2.44. The average molecular weight is 444 g/mol. The van der Waals surface area contributed by atoms with Gasteiger partial charge in [-0.2, -0.15) is 0 Å². The molecule has 1 aromatic heterocycles. The van der Waals surface area contributed by atoms with Crippen LogP contribution in [-0.2, 0) is 22.0 Å². The van der Waals surface area contributed by atoms with E-state index < -0.39 is 15.6 Å². The van der Waals surface area contributed by atoms with Crippen molar-refractivity contribution >= 4 is 15.9 Å². The Hall–Kier alpha value is -2.25. The summed E-state index contributed by atoms with van der Waals surface area (Å²) in [6.07, 6.45) is 6.29. The number of sulfonamides is 1. The lowest BCUT2D eigenvalue weighted by Crippen LogP contribution is -2.44. The molecule has 7 heteroatoms. The van der Waals surface area contributed by atoms with Gasteiger partial charge < -0.3 is 5.32 Å². The molecule has 1 heterocycles. The topological polar surface area (TPSA) is 88.2 Å². The van der Waals surface area contributed by atoms with Gasteiger partial charge in [-0.05, 0) is 87.8 Å². The van der Waals surface area contributed by atoms with E-state index in [9.17, 15) is 13.2 Å². The molecular weight excluding hydrogens is 410 g/mol. The van der Waals surface area contributed by atoms with Gasteiger partial charge in [0.15, 0.2) is 0 Å². The maximum atomic E-state index is 12.9. The molecule has 0 spiro atoms. The molecule has 2 aromatic rings. The van der Waals surface area contributed by atoms with E-state index in [0.717, 1.165) is 30.5 Å². The Balaban J connectivity index is 1.64. The van der Waals surface area contributed by atoms with Crippen molar-refractivity contribution in [3.8, 4) is 0 Å². The Morgan fingerprint density at radius 2 is 1.94 bits per heavy atom. The number of benzene rings is 1. The smallest absolute Gasteiger partial charge is 0.252 e. The van der Waals surface area contributed by atoms with Crippen molar-refractivity contribution in [3.05, 3.63) is 65.0 Å². The van der Waals surface area contributed by atoms with Crippen molar-refractivity contribution in [1.82, 2.24) is 15.0 Å². The fourth-order valence-electron chi connectivity index (χ4n) is 4.43. The minimum absolute atomic E-state index is 0.0793. The quantitative estimate of drug-likeness (QED) is 0.618. The van der Waals surface area contributed by atoms with E-state index in [0.29, 0.717) is 12.0 Å². The second-order valence-corrected chi connectivity index (χ2v) is 11.4. The van der Waals surface area contributed by atoms with Gasteiger partial charge in [0.1, 0.15) is 0 Å². The maximum absolute atomic E-state index is 12.9. The molecule has 6 nitrogen and oxygen atoms in total. The first kappa shape index (κ1) is 23.4. The van der Waals surface area contributed by atoms with Crippen LogP contribution in [0.25, 0.3) is 0 Å². The van der Waals surface area contributed by atoms with Gasteiger partial charge >= 0.3 is 0 Å². The maximum Gasteiger partial charge on any atom is 0.252 e. The molecule has 1 aromatic carbocycles. The van der Waals surface area contributed by atoms with Crippen LogP contribution in [0.2, 0.25) is 0 Å². The third-order valence-electron chi connectivity index (χ3n) is 5.75. The molecule has 0 aliphatic heterocycles. The number of aryl methyl sites for hydroxylation is 1. The van der Waals surface area contributed by atoms with Gasteiger partial charge in [0, 0.05) is 17.3 Å². The highest BCUT2D eigenvalue weighted by Gasteiger charge is 2.47. The van der Waals surface area contributed by atoms with Crippen molar-refractivity contribution in [1.29, 1.82) is 0 Å². The summed E-state index contributed by atoms with van der Waals surface area (Å²) >= 11 is 0. The summed E-state index contributed by atoms with van der Waals surface area (Å²) in [4.78, 5) is 17.3. The largest absolute Gasteiger partial charge is 0.341 e. The van der Waals surface area contributed by atoms with Crippen LogP contribution in [0.5, 0.6) is 0 Å². The Morgan fingerprint density at radius 1 is 1.23 bits per heavy atom. The van der Waals surface area contributed by atoms with Crippen molar-refractivity contribution in [2.24, 2.45) is 5.92 Å². The van der Waals surface area contributed by atoms with Gasteiger partial charge in [-0.3, -0.25) is 9.78 Å². The van der Waals surface area contributed by atoms with E-state index >= 15 is 0 Å². The number of aromatic nitrogens is 1. The molecule has 168 valence electrons. The fraction of sp³-hybridized carbons (Fsp3) is 0.500. The summed E-state index contributed by atoms with van der Waals surface area (Å²) in [5.41, 5.74) is 2.95. The number of nitrogens with zero attached hydrogens (tertiary/aromatic N) is 1. The zero-order valence-electron chi connectivity index (χ0n) is 19.0. The number of hydrogen-bond acceptors (Lipinski definition) is 4. The van der Waals surface area contributed by atoms with E-state index in [2.05, 4.69) is 21.9 Å². The van der Waals surface area contributed by atoms with Crippen LogP contribution in [0.1, 0.15) is 67.2 Å². The average Bonchev–Trinajstić information content (AvgIpc) is 3.42. The number of amides is 1. The molecule has 1 amide bonds. The standard InChI is InChI=1S/C24H33N3O3S/c1-17(16-23(3,4)27-31(5,29)30)14-19-9-10-20(15-18(19)2)22(28)26-24(11-12-24)21-8-6-7-13-25-21/h6-10,13,15,17,27H,11-12,14,16H2,1-5H3,(H,26,28). The van der Waals surface area contributed by atoms with Crippen molar-refractivity contribution in [2.75, 3.05) is 6.26 Å². The summed E-state index contributed by atoms with van der Waals surface area (Å²) in [6, 6.07) is 11.6. The molecule has 31 heavy (non-hydrogen) atoms. The molecule has 1 aliphatic rings. The Kier molecular flexibility index (Phi) is 6.58. The van der Waals surface area contributed by atoms with Crippen molar-refractivity contribution in [3.63, 3.8) is 0 Å². The summed E-state index contributed by atoms with van der Waals surface area (Å²) in [5, 5.41) is 3.17. The molecule has 0 saturated heterocycles.